The Kier molecular flexibility index (Phi) is 4.40. The van der Waals surface area contributed by atoms with Crippen LogP contribution < -0.4 is 5.32 Å². The molecule has 1 aliphatic heterocycles. The van der Waals surface area contributed by atoms with E-state index in [0.717, 1.165) is 38.5 Å². The Balaban J connectivity index is 1.80. The van der Waals surface area contributed by atoms with Crippen molar-refractivity contribution in [3.8, 4) is 0 Å². The average molecular weight is 239 g/mol. The van der Waals surface area contributed by atoms with Gasteiger partial charge in [-0.25, -0.2) is 0 Å². The maximum Gasteiger partial charge on any atom is 0.237 e. The molecule has 2 rings (SSSR count). The van der Waals surface area contributed by atoms with Crippen molar-refractivity contribution in [1.29, 1.82) is 0 Å². The first-order valence-corrected chi connectivity index (χ1v) is 7.03. The highest BCUT2D eigenvalue weighted by molar-refractivity contribution is 5.80. The molecular formula is C13H25N3O. The summed E-state index contributed by atoms with van der Waals surface area (Å²) in [5.74, 6) is 0.273. The van der Waals surface area contributed by atoms with E-state index >= 15 is 0 Å². The molecule has 1 unspecified atom stereocenters. The number of nitrogens with one attached hydrogen (secondary N) is 1. The number of hydrogen-bond acceptors (Lipinski definition) is 3. The molecule has 1 aliphatic carbocycles. The van der Waals surface area contributed by atoms with Crippen molar-refractivity contribution >= 4 is 5.91 Å². The molecule has 4 nitrogen and oxygen atoms in total. The molecule has 4 heteroatoms. The molecule has 0 aromatic rings. The van der Waals surface area contributed by atoms with Crippen LogP contribution in [0.5, 0.6) is 0 Å². The third-order valence-corrected chi connectivity index (χ3v) is 3.85. The minimum Gasteiger partial charge on any atom is -0.325 e. The van der Waals surface area contributed by atoms with Gasteiger partial charge in [-0.15, -0.1) is 0 Å². The van der Waals surface area contributed by atoms with Gasteiger partial charge in [-0.1, -0.05) is 20.3 Å². The smallest absolute Gasteiger partial charge is 0.237 e. The van der Waals surface area contributed by atoms with Gasteiger partial charge in [0.05, 0.1) is 12.7 Å². The summed E-state index contributed by atoms with van der Waals surface area (Å²) in [5, 5.41) is 3.30. The summed E-state index contributed by atoms with van der Waals surface area (Å²) < 4.78 is 0. The summed E-state index contributed by atoms with van der Waals surface area (Å²) in [6.45, 7) is 7.95. The molecule has 98 valence electrons. The Morgan fingerprint density at radius 2 is 2.18 bits per heavy atom. The fourth-order valence-electron chi connectivity index (χ4n) is 2.68. The minimum absolute atomic E-state index is 0.273. The molecule has 1 heterocycles. The topological polar surface area (TPSA) is 35.6 Å². The molecule has 0 aromatic heterocycles. The summed E-state index contributed by atoms with van der Waals surface area (Å²) >= 11 is 0. The highest BCUT2D eigenvalue weighted by atomic mass is 16.2. The van der Waals surface area contributed by atoms with Crippen LogP contribution in [0.2, 0.25) is 0 Å². The zero-order chi connectivity index (χ0) is 12.3. The first-order valence-electron chi connectivity index (χ1n) is 7.03. The zero-order valence-corrected chi connectivity index (χ0v) is 11.1. The number of rotatable bonds is 7. The van der Waals surface area contributed by atoms with E-state index in [4.69, 9.17) is 0 Å². The summed E-state index contributed by atoms with van der Waals surface area (Å²) in [4.78, 5) is 16.3. The second-order valence-corrected chi connectivity index (χ2v) is 5.13. The van der Waals surface area contributed by atoms with E-state index in [2.05, 4.69) is 24.1 Å². The zero-order valence-electron chi connectivity index (χ0n) is 11.1. The predicted octanol–water partition coefficient (Wildman–Crippen LogP) is 1.03. The van der Waals surface area contributed by atoms with Crippen molar-refractivity contribution in [2.45, 2.75) is 51.7 Å². The number of nitrogens with zero attached hydrogens (tertiary/aromatic N) is 2. The average Bonchev–Trinajstić information content (AvgIpc) is 3.10. The number of hydrogen-bond donors (Lipinski definition) is 1. The molecule has 2 aliphatic rings. The summed E-state index contributed by atoms with van der Waals surface area (Å²) in [6, 6.07) is 0.801. The maximum absolute atomic E-state index is 11.8. The minimum atomic E-state index is 0.273. The molecule has 1 saturated heterocycles. The molecule has 0 radical (unpaired) electrons. The fraction of sp³-hybridized carbons (Fsp3) is 0.923. The van der Waals surface area contributed by atoms with Gasteiger partial charge in [0.1, 0.15) is 0 Å². The van der Waals surface area contributed by atoms with Crippen LogP contribution in [0.3, 0.4) is 0 Å². The van der Waals surface area contributed by atoms with E-state index in [-0.39, 0.29) is 12.1 Å². The van der Waals surface area contributed by atoms with E-state index in [1.807, 2.05) is 4.90 Å². The third-order valence-electron chi connectivity index (χ3n) is 3.85. The second kappa shape index (κ2) is 5.83. The number of amides is 1. The van der Waals surface area contributed by atoms with Crippen molar-refractivity contribution < 1.29 is 4.79 Å². The molecule has 0 aromatic carbocycles. The predicted molar refractivity (Wildman–Crippen MR) is 68.7 cm³/mol. The maximum atomic E-state index is 11.8. The van der Waals surface area contributed by atoms with Crippen LogP contribution in [-0.2, 0) is 4.79 Å². The lowest BCUT2D eigenvalue weighted by atomic mass is 10.2. The lowest BCUT2D eigenvalue weighted by Crippen LogP contribution is -2.42. The van der Waals surface area contributed by atoms with Crippen LogP contribution in [0.15, 0.2) is 0 Å². The van der Waals surface area contributed by atoms with Gasteiger partial charge in [0.25, 0.3) is 0 Å². The van der Waals surface area contributed by atoms with Crippen LogP contribution in [-0.4, -0.2) is 54.1 Å². The Morgan fingerprint density at radius 3 is 2.76 bits per heavy atom. The lowest BCUT2D eigenvalue weighted by molar-refractivity contribution is -0.128. The Bertz CT molecular complexity index is 265. The monoisotopic (exact) mass is 239 g/mol. The van der Waals surface area contributed by atoms with E-state index in [9.17, 15) is 4.79 Å². The van der Waals surface area contributed by atoms with Crippen molar-refractivity contribution in [3.05, 3.63) is 0 Å². The molecule has 1 amide bonds. The van der Waals surface area contributed by atoms with Gasteiger partial charge in [0, 0.05) is 19.1 Å². The van der Waals surface area contributed by atoms with Gasteiger partial charge in [-0.3, -0.25) is 15.0 Å². The van der Waals surface area contributed by atoms with Crippen LogP contribution in [0, 0.1) is 0 Å². The molecule has 17 heavy (non-hydrogen) atoms. The Hall–Kier alpha value is -0.610. The Morgan fingerprint density at radius 1 is 1.41 bits per heavy atom. The van der Waals surface area contributed by atoms with Gasteiger partial charge in [-0.05, 0) is 25.8 Å². The standard InChI is InChI=1S/C13H25N3O/c1-3-5-12-14-10-13(17)16(12)9-8-15(4-2)11-6-7-11/h11-12,14H,3-10H2,1-2H3. The Labute approximate surface area is 104 Å². The van der Waals surface area contributed by atoms with Gasteiger partial charge in [0.15, 0.2) is 0 Å². The van der Waals surface area contributed by atoms with Crippen molar-refractivity contribution in [1.82, 2.24) is 15.1 Å². The van der Waals surface area contributed by atoms with Crippen LogP contribution in [0.25, 0.3) is 0 Å². The lowest BCUT2D eigenvalue weighted by Gasteiger charge is -2.28. The van der Waals surface area contributed by atoms with E-state index in [0.29, 0.717) is 6.54 Å². The molecule has 0 bridgehead atoms. The van der Waals surface area contributed by atoms with Crippen molar-refractivity contribution in [2.75, 3.05) is 26.2 Å². The quantitative estimate of drug-likeness (QED) is 0.721. The second-order valence-electron chi connectivity index (χ2n) is 5.13. The van der Waals surface area contributed by atoms with Crippen molar-refractivity contribution in [3.63, 3.8) is 0 Å². The summed E-state index contributed by atoms with van der Waals surface area (Å²) in [7, 11) is 0. The van der Waals surface area contributed by atoms with Crippen molar-refractivity contribution in [2.24, 2.45) is 0 Å². The van der Waals surface area contributed by atoms with Crippen LogP contribution in [0.4, 0.5) is 0 Å². The SMILES string of the molecule is CCCC1NCC(=O)N1CCN(CC)C1CC1. The third kappa shape index (κ3) is 3.19. The van der Waals surface area contributed by atoms with Gasteiger partial charge >= 0.3 is 0 Å². The van der Waals surface area contributed by atoms with E-state index < -0.39 is 0 Å². The number of carbonyl (C=O) groups excluding carboxylic acids is 1. The highest BCUT2D eigenvalue weighted by Gasteiger charge is 2.32. The number of carbonyl (C=O) groups is 1. The van der Waals surface area contributed by atoms with Gasteiger partial charge in [-0.2, -0.15) is 0 Å². The molecule has 1 atom stereocenters. The largest absolute Gasteiger partial charge is 0.325 e. The van der Waals surface area contributed by atoms with Crippen LogP contribution >= 0.6 is 0 Å². The fourth-order valence-corrected chi connectivity index (χ4v) is 2.68. The summed E-state index contributed by atoms with van der Waals surface area (Å²) in [6.07, 6.45) is 5.17. The number of likely N-dealkylation sites (N-methyl/N-ethyl adjacent to an activating group) is 1. The normalized spacial score (nSPS) is 25.0. The molecular weight excluding hydrogens is 214 g/mol. The molecule has 1 N–H and O–H groups in total. The van der Waals surface area contributed by atoms with Gasteiger partial charge in [0.2, 0.25) is 5.91 Å². The molecule has 0 spiro atoms. The highest BCUT2D eigenvalue weighted by Crippen LogP contribution is 2.26. The van der Waals surface area contributed by atoms with Gasteiger partial charge < -0.3 is 4.90 Å². The van der Waals surface area contributed by atoms with E-state index in [1.54, 1.807) is 0 Å². The first kappa shape index (κ1) is 12.8. The van der Waals surface area contributed by atoms with Crippen LogP contribution in [0.1, 0.15) is 39.5 Å². The summed E-state index contributed by atoms with van der Waals surface area (Å²) in [5.41, 5.74) is 0. The molecule has 2 fully saturated rings. The van der Waals surface area contributed by atoms with E-state index in [1.165, 1.54) is 12.8 Å². The molecule has 1 saturated carbocycles. The first-order chi connectivity index (χ1) is 8.26.